The van der Waals surface area contributed by atoms with E-state index in [4.69, 9.17) is 0 Å². The lowest BCUT2D eigenvalue weighted by Gasteiger charge is -2.68. The molecule has 132 valence electrons. The van der Waals surface area contributed by atoms with Gasteiger partial charge in [-0.15, -0.1) is 0 Å². The Hall–Kier alpha value is -0.890. The molecule has 0 saturated heterocycles. The molecule has 1 N–H and O–H groups in total. The number of Topliss-reactive ketones (excluding diaryl/α,β-unsaturated/α-hetero) is 1. The van der Waals surface area contributed by atoms with Crippen LogP contribution in [0.2, 0.25) is 0 Å². The van der Waals surface area contributed by atoms with Crippen LogP contribution in [0.3, 0.4) is 0 Å². The average molecular weight is 328 g/mol. The van der Waals surface area contributed by atoms with Gasteiger partial charge in [0.15, 0.2) is 0 Å². The maximum absolute atomic E-state index is 13.5. The van der Waals surface area contributed by atoms with Gasteiger partial charge in [-0.2, -0.15) is 0 Å². The van der Waals surface area contributed by atoms with Gasteiger partial charge in [-0.3, -0.25) is 4.79 Å². The van der Waals surface area contributed by atoms with Crippen LogP contribution in [0.15, 0.2) is 24.3 Å². The summed E-state index contributed by atoms with van der Waals surface area (Å²) in [6, 6.07) is 0. The summed E-state index contributed by atoms with van der Waals surface area (Å²) in [5, 5.41) is 10.2. The molecule has 0 radical (unpaired) electrons. The molecule has 5 aliphatic rings. The van der Waals surface area contributed by atoms with Crippen molar-refractivity contribution in [2.75, 3.05) is 6.61 Å². The number of carbonyl (C=O) groups is 1. The zero-order valence-electron chi connectivity index (χ0n) is 15.4. The maximum atomic E-state index is 13.5. The van der Waals surface area contributed by atoms with Crippen LogP contribution in [-0.4, -0.2) is 17.5 Å². The van der Waals surface area contributed by atoms with Gasteiger partial charge in [0.2, 0.25) is 0 Å². The van der Waals surface area contributed by atoms with Crippen molar-refractivity contribution < 1.29 is 9.90 Å². The zero-order chi connectivity index (χ0) is 17.3. The molecule has 2 unspecified atom stereocenters. The summed E-state index contributed by atoms with van der Waals surface area (Å²) >= 11 is 0. The van der Waals surface area contributed by atoms with Crippen molar-refractivity contribution in [2.24, 2.45) is 34.0 Å². The highest BCUT2D eigenvalue weighted by molar-refractivity contribution is 5.91. The number of allylic oxidation sites excluding steroid dienone is 2. The van der Waals surface area contributed by atoms with Crippen LogP contribution < -0.4 is 0 Å². The van der Waals surface area contributed by atoms with Crippen molar-refractivity contribution >= 4 is 5.78 Å². The minimum atomic E-state index is -0.327. The second-order valence-corrected chi connectivity index (χ2v) is 9.43. The Labute approximate surface area is 146 Å². The van der Waals surface area contributed by atoms with Gasteiger partial charge in [-0.05, 0) is 78.3 Å². The minimum absolute atomic E-state index is 0.0967. The van der Waals surface area contributed by atoms with Crippen LogP contribution in [0, 0.1) is 34.0 Å². The molecular weight excluding hydrogens is 296 g/mol. The lowest BCUT2D eigenvalue weighted by atomic mass is 9.35. The van der Waals surface area contributed by atoms with Crippen molar-refractivity contribution in [1.82, 2.24) is 0 Å². The second-order valence-electron chi connectivity index (χ2n) is 9.43. The van der Waals surface area contributed by atoms with Crippen molar-refractivity contribution in [3.63, 3.8) is 0 Å². The summed E-state index contributed by atoms with van der Waals surface area (Å²) in [4.78, 5) is 13.5. The van der Waals surface area contributed by atoms with E-state index in [1.807, 2.05) is 0 Å². The number of rotatable bonds is 2. The molecule has 0 aromatic heterocycles. The zero-order valence-corrected chi connectivity index (χ0v) is 15.4. The number of hydrogen-bond donors (Lipinski definition) is 1. The quantitative estimate of drug-likeness (QED) is 0.799. The van der Waals surface area contributed by atoms with E-state index in [0.717, 1.165) is 43.3 Å². The predicted molar refractivity (Wildman–Crippen MR) is 96.4 cm³/mol. The van der Waals surface area contributed by atoms with Crippen LogP contribution in [0.5, 0.6) is 0 Å². The molecule has 2 bridgehead atoms. The molecule has 0 amide bonds. The van der Waals surface area contributed by atoms with E-state index in [0.29, 0.717) is 30.0 Å². The van der Waals surface area contributed by atoms with Crippen LogP contribution >= 0.6 is 0 Å². The van der Waals surface area contributed by atoms with Crippen LogP contribution in [0.1, 0.15) is 65.2 Å². The third-order valence-electron chi connectivity index (χ3n) is 8.95. The molecule has 2 nitrogen and oxygen atoms in total. The fourth-order valence-corrected chi connectivity index (χ4v) is 7.57. The van der Waals surface area contributed by atoms with E-state index in [-0.39, 0.29) is 22.9 Å². The highest BCUT2D eigenvalue weighted by Crippen LogP contribution is 2.72. The minimum Gasteiger partial charge on any atom is -0.396 e. The molecule has 1 spiro atoms. The first kappa shape index (κ1) is 16.6. The lowest BCUT2D eigenvalue weighted by molar-refractivity contribution is -0.183. The van der Waals surface area contributed by atoms with E-state index < -0.39 is 0 Å². The highest BCUT2D eigenvalue weighted by Gasteiger charge is 2.68. The Morgan fingerprint density at radius 2 is 1.96 bits per heavy atom. The van der Waals surface area contributed by atoms with Crippen LogP contribution in [0.25, 0.3) is 0 Å². The van der Waals surface area contributed by atoms with Crippen LogP contribution in [0.4, 0.5) is 0 Å². The topological polar surface area (TPSA) is 37.3 Å². The van der Waals surface area contributed by atoms with Crippen LogP contribution in [-0.2, 0) is 4.79 Å². The van der Waals surface area contributed by atoms with Gasteiger partial charge in [-0.25, -0.2) is 0 Å². The summed E-state index contributed by atoms with van der Waals surface area (Å²) in [5.41, 5.74) is 2.01. The summed E-state index contributed by atoms with van der Waals surface area (Å²) in [7, 11) is 0. The maximum Gasteiger partial charge on any atom is 0.144 e. The van der Waals surface area contributed by atoms with E-state index in [2.05, 4.69) is 27.0 Å². The molecule has 6 atom stereocenters. The smallest absolute Gasteiger partial charge is 0.144 e. The predicted octanol–water partition coefficient (Wildman–Crippen LogP) is 4.68. The van der Waals surface area contributed by atoms with Gasteiger partial charge in [0.05, 0.1) is 5.41 Å². The Morgan fingerprint density at radius 3 is 2.62 bits per heavy atom. The number of ketones is 1. The molecule has 24 heavy (non-hydrogen) atoms. The van der Waals surface area contributed by atoms with Gasteiger partial charge >= 0.3 is 0 Å². The molecule has 5 saturated carbocycles. The largest absolute Gasteiger partial charge is 0.396 e. The van der Waals surface area contributed by atoms with E-state index in [1.165, 1.54) is 12.8 Å². The Bertz CT molecular complexity index is 619. The van der Waals surface area contributed by atoms with E-state index in [9.17, 15) is 9.90 Å². The third kappa shape index (κ3) is 1.69. The average Bonchev–Trinajstić information content (AvgIpc) is 2.60. The summed E-state index contributed by atoms with van der Waals surface area (Å²) in [5.74, 6) is 1.69. The molecule has 2 heteroatoms. The molecule has 0 aromatic rings. The Balaban J connectivity index is 1.88. The van der Waals surface area contributed by atoms with Crippen molar-refractivity contribution in [2.45, 2.75) is 65.2 Å². The lowest BCUT2D eigenvalue weighted by Crippen LogP contribution is -2.65. The summed E-state index contributed by atoms with van der Waals surface area (Å²) in [6.45, 7) is 13.5. The van der Waals surface area contributed by atoms with Crippen molar-refractivity contribution in [1.29, 1.82) is 0 Å². The molecule has 0 heterocycles. The Morgan fingerprint density at radius 1 is 1.21 bits per heavy atom. The highest BCUT2D eigenvalue weighted by atomic mass is 16.3. The second kappa shape index (κ2) is 5.06. The molecule has 0 aliphatic heterocycles. The first-order valence-corrected chi connectivity index (χ1v) is 9.88. The summed E-state index contributed by atoms with van der Waals surface area (Å²) < 4.78 is 0. The van der Waals surface area contributed by atoms with Crippen molar-refractivity contribution in [3.05, 3.63) is 24.3 Å². The van der Waals surface area contributed by atoms with E-state index in [1.54, 1.807) is 0 Å². The SMILES string of the molecule is C=C1C(=C)[C@]23CC[C@H]1CC2[C@]1(CC)CCC[C@@](C)(CO)C1CC3=O. The van der Waals surface area contributed by atoms with Gasteiger partial charge in [-0.1, -0.05) is 33.4 Å². The number of aliphatic hydroxyl groups excluding tert-OH is 1. The molecular formula is C22H32O2. The normalized spacial score (nSPS) is 50.6. The summed E-state index contributed by atoms with van der Waals surface area (Å²) in [6.07, 6.45) is 8.44. The third-order valence-corrected chi connectivity index (χ3v) is 8.95. The standard InChI is InChI=1S/C22H32O2/c1-5-21-9-6-8-20(4,13-23)17(21)12-19(24)22-10-7-16(11-18(21)22)14(2)15(22)3/h16-18,23H,2-3,5-13H2,1,4H3/t16-,17?,18?,20-,21+,22+/m0/s1. The van der Waals surface area contributed by atoms with Crippen molar-refractivity contribution in [3.8, 4) is 0 Å². The molecule has 5 fully saturated rings. The number of aliphatic hydroxyl groups is 1. The molecule has 5 rings (SSSR count). The van der Waals surface area contributed by atoms with Gasteiger partial charge in [0.25, 0.3) is 0 Å². The van der Waals surface area contributed by atoms with Gasteiger partial charge < -0.3 is 5.11 Å². The first-order chi connectivity index (χ1) is 11.4. The molecule has 0 aromatic carbocycles. The van der Waals surface area contributed by atoms with Gasteiger partial charge in [0.1, 0.15) is 5.78 Å². The first-order valence-electron chi connectivity index (χ1n) is 9.88. The fourth-order valence-electron chi connectivity index (χ4n) is 7.57. The number of hydrogen-bond acceptors (Lipinski definition) is 2. The monoisotopic (exact) mass is 328 g/mol. The number of fused-ring (bicyclic) bond motifs is 3. The number of carbonyl (C=O) groups excluding carboxylic acids is 1. The van der Waals surface area contributed by atoms with E-state index >= 15 is 0 Å². The van der Waals surface area contributed by atoms with Gasteiger partial charge in [0, 0.05) is 13.0 Å². The molecule has 5 aliphatic carbocycles. The Kier molecular flexibility index (Phi) is 3.50. The fraction of sp³-hybridized carbons (Fsp3) is 0.773.